The molecule has 0 aliphatic carbocycles. The van der Waals surface area contributed by atoms with Crippen molar-refractivity contribution < 1.29 is 4.39 Å². The lowest BCUT2D eigenvalue weighted by molar-refractivity contribution is 0.620. The maximum atomic E-state index is 12.7. The lowest BCUT2D eigenvalue weighted by Crippen LogP contribution is -2.21. The second-order valence-corrected chi connectivity index (χ2v) is 2.62. The Morgan fingerprint density at radius 1 is 1.42 bits per heavy atom. The van der Waals surface area contributed by atoms with Crippen LogP contribution in [-0.2, 0) is 0 Å². The molecule has 0 aliphatic heterocycles. The molecule has 0 unspecified atom stereocenters. The third-order valence-corrected chi connectivity index (χ3v) is 1.70. The van der Waals surface area contributed by atoms with Crippen molar-refractivity contribution >= 4 is 5.69 Å². The van der Waals surface area contributed by atoms with Crippen LogP contribution in [-0.4, -0.2) is 6.54 Å². The first-order valence-corrected chi connectivity index (χ1v) is 3.65. The van der Waals surface area contributed by atoms with Crippen LogP contribution >= 0.6 is 0 Å². The number of halogens is 1. The Hall–Kier alpha value is -1.13. The Morgan fingerprint density at radius 2 is 2.08 bits per heavy atom. The highest BCUT2D eigenvalue weighted by atomic mass is 19.1. The van der Waals surface area contributed by atoms with E-state index in [0.717, 1.165) is 0 Å². The number of nitrogen functional groups attached to an aromatic ring is 1. The summed E-state index contributed by atoms with van der Waals surface area (Å²) < 4.78 is 12.7. The number of benzene rings is 1. The van der Waals surface area contributed by atoms with E-state index in [0.29, 0.717) is 11.3 Å². The first kappa shape index (κ1) is 8.96. The number of nitrogens with two attached hydrogens (primary N) is 3. The zero-order valence-electron chi connectivity index (χ0n) is 6.63. The molecule has 1 rings (SSSR count). The van der Waals surface area contributed by atoms with Crippen LogP contribution in [0.25, 0.3) is 0 Å². The third-order valence-electron chi connectivity index (χ3n) is 1.70. The molecule has 0 saturated heterocycles. The van der Waals surface area contributed by atoms with E-state index in [1.165, 1.54) is 18.2 Å². The lowest BCUT2D eigenvalue weighted by Gasteiger charge is -2.11. The molecule has 0 aromatic heterocycles. The van der Waals surface area contributed by atoms with Crippen molar-refractivity contribution in [3.63, 3.8) is 0 Å². The molecule has 0 saturated carbocycles. The minimum Gasteiger partial charge on any atom is -0.398 e. The largest absolute Gasteiger partial charge is 0.398 e. The van der Waals surface area contributed by atoms with Crippen LogP contribution in [0.2, 0.25) is 0 Å². The molecule has 12 heavy (non-hydrogen) atoms. The van der Waals surface area contributed by atoms with Crippen molar-refractivity contribution in [3.8, 4) is 0 Å². The van der Waals surface area contributed by atoms with Gasteiger partial charge in [-0.15, -0.1) is 0 Å². The van der Waals surface area contributed by atoms with Gasteiger partial charge in [0, 0.05) is 18.3 Å². The first-order chi connectivity index (χ1) is 5.65. The molecule has 4 heteroatoms. The quantitative estimate of drug-likeness (QED) is 0.559. The molecule has 0 aliphatic rings. The molecular formula is C8H12FN3. The molecule has 0 amide bonds. The van der Waals surface area contributed by atoms with Crippen LogP contribution < -0.4 is 17.2 Å². The van der Waals surface area contributed by atoms with E-state index in [1.807, 2.05) is 0 Å². The molecular weight excluding hydrogens is 157 g/mol. The van der Waals surface area contributed by atoms with Gasteiger partial charge < -0.3 is 17.2 Å². The Bertz CT molecular complexity index is 275. The van der Waals surface area contributed by atoms with E-state index in [-0.39, 0.29) is 18.4 Å². The molecule has 0 fully saturated rings. The Morgan fingerprint density at radius 3 is 2.67 bits per heavy atom. The molecule has 1 atom stereocenters. The minimum absolute atomic E-state index is 0.258. The Kier molecular flexibility index (Phi) is 2.62. The SMILES string of the molecule is NC[C@H](N)c1cc(F)ccc1N. The smallest absolute Gasteiger partial charge is 0.123 e. The fourth-order valence-electron chi connectivity index (χ4n) is 0.994. The summed E-state index contributed by atoms with van der Waals surface area (Å²) in [7, 11) is 0. The highest BCUT2D eigenvalue weighted by Crippen LogP contribution is 2.18. The molecule has 0 heterocycles. The number of anilines is 1. The standard InChI is InChI=1S/C8H12FN3/c9-5-1-2-7(11)6(3-5)8(12)4-10/h1-3,8H,4,10-12H2/t8-/m0/s1. The van der Waals surface area contributed by atoms with Gasteiger partial charge in [0.25, 0.3) is 0 Å². The predicted octanol–water partition coefficient (Wildman–Crippen LogP) is 0.366. The maximum absolute atomic E-state index is 12.7. The summed E-state index contributed by atoms with van der Waals surface area (Å²) in [4.78, 5) is 0. The van der Waals surface area contributed by atoms with Crippen LogP contribution in [0, 0.1) is 5.82 Å². The van der Waals surface area contributed by atoms with E-state index >= 15 is 0 Å². The van der Waals surface area contributed by atoms with Gasteiger partial charge in [-0.1, -0.05) is 0 Å². The van der Waals surface area contributed by atoms with Crippen LogP contribution in [0.15, 0.2) is 18.2 Å². The molecule has 1 aromatic rings. The van der Waals surface area contributed by atoms with Crippen LogP contribution in [0.3, 0.4) is 0 Å². The fourth-order valence-corrected chi connectivity index (χ4v) is 0.994. The zero-order chi connectivity index (χ0) is 9.14. The Balaban J connectivity index is 3.04. The average Bonchev–Trinajstić information content (AvgIpc) is 2.08. The topological polar surface area (TPSA) is 78.1 Å². The van der Waals surface area contributed by atoms with Crippen molar-refractivity contribution in [1.82, 2.24) is 0 Å². The fraction of sp³-hybridized carbons (Fsp3) is 0.250. The van der Waals surface area contributed by atoms with E-state index in [4.69, 9.17) is 17.2 Å². The predicted molar refractivity (Wildman–Crippen MR) is 46.8 cm³/mol. The maximum Gasteiger partial charge on any atom is 0.123 e. The minimum atomic E-state index is -0.388. The molecule has 0 radical (unpaired) electrons. The van der Waals surface area contributed by atoms with Crippen LogP contribution in [0.1, 0.15) is 11.6 Å². The molecule has 3 nitrogen and oxygen atoms in total. The zero-order valence-corrected chi connectivity index (χ0v) is 6.63. The van der Waals surface area contributed by atoms with Crippen LogP contribution in [0.5, 0.6) is 0 Å². The van der Waals surface area contributed by atoms with E-state index < -0.39 is 0 Å². The molecule has 66 valence electrons. The summed E-state index contributed by atoms with van der Waals surface area (Å²) in [6.07, 6.45) is 0. The second kappa shape index (κ2) is 3.51. The lowest BCUT2D eigenvalue weighted by atomic mass is 10.1. The summed E-state index contributed by atoms with van der Waals surface area (Å²) in [5, 5.41) is 0. The summed E-state index contributed by atoms with van der Waals surface area (Å²) in [6.45, 7) is 0.258. The van der Waals surface area contributed by atoms with Gasteiger partial charge in [0.2, 0.25) is 0 Å². The van der Waals surface area contributed by atoms with E-state index in [1.54, 1.807) is 0 Å². The van der Waals surface area contributed by atoms with Gasteiger partial charge in [0.1, 0.15) is 5.82 Å². The molecule has 0 spiro atoms. The average molecular weight is 169 g/mol. The Labute approximate surface area is 70.3 Å². The van der Waals surface area contributed by atoms with Gasteiger partial charge in [-0.25, -0.2) is 4.39 Å². The highest BCUT2D eigenvalue weighted by Gasteiger charge is 2.07. The van der Waals surface area contributed by atoms with Crippen molar-refractivity contribution in [1.29, 1.82) is 0 Å². The van der Waals surface area contributed by atoms with Gasteiger partial charge in [-0.3, -0.25) is 0 Å². The first-order valence-electron chi connectivity index (χ1n) is 3.65. The van der Waals surface area contributed by atoms with Gasteiger partial charge in [-0.05, 0) is 23.8 Å². The van der Waals surface area contributed by atoms with Crippen molar-refractivity contribution in [2.45, 2.75) is 6.04 Å². The second-order valence-electron chi connectivity index (χ2n) is 2.62. The van der Waals surface area contributed by atoms with E-state index in [2.05, 4.69) is 0 Å². The molecule has 1 aromatic carbocycles. The highest BCUT2D eigenvalue weighted by molar-refractivity contribution is 5.48. The number of hydrogen-bond acceptors (Lipinski definition) is 3. The molecule has 0 bridgehead atoms. The summed E-state index contributed by atoms with van der Waals surface area (Å²) in [5.41, 5.74) is 17.5. The molecule has 6 N–H and O–H groups in total. The van der Waals surface area contributed by atoms with Gasteiger partial charge in [0.15, 0.2) is 0 Å². The summed E-state index contributed by atoms with van der Waals surface area (Å²) in [5.74, 6) is -0.344. The monoisotopic (exact) mass is 169 g/mol. The third kappa shape index (κ3) is 1.72. The van der Waals surface area contributed by atoms with Crippen molar-refractivity contribution in [3.05, 3.63) is 29.6 Å². The van der Waals surface area contributed by atoms with Crippen LogP contribution in [0.4, 0.5) is 10.1 Å². The van der Waals surface area contributed by atoms with Gasteiger partial charge >= 0.3 is 0 Å². The number of rotatable bonds is 2. The normalized spacial score (nSPS) is 12.9. The van der Waals surface area contributed by atoms with Crippen molar-refractivity contribution in [2.75, 3.05) is 12.3 Å². The van der Waals surface area contributed by atoms with Gasteiger partial charge in [0.05, 0.1) is 0 Å². The summed E-state index contributed by atoms with van der Waals surface area (Å²) in [6, 6.07) is 3.70. The van der Waals surface area contributed by atoms with E-state index in [9.17, 15) is 4.39 Å². The summed E-state index contributed by atoms with van der Waals surface area (Å²) >= 11 is 0. The number of hydrogen-bond donors (Lipinski definition) is 3. The van der Waals surface area contributed by atoms with Gasteiger partial charge in [-0.2, -0.15) is 0 Å². The van der Waals surface area contributed by atoms with Crippen molar-refractivity contribution in [2.24, 2.45) is 11.5 Å².